The van der Waals surface area contributed by atoms with Crippen LogP contribution in [-0.2, 0) is 9.59 Å². The molecule has 1 aromatic heterocycles. The molecule has 130 valence electrons. The van der Waals surface area contributed by atoms with Crippen LogP contribution in [0.1, 0.15) is 26.3 Å². The molecule has 0 aromatic carbocycles. The second kappa shape index (κ2) is 7.98. The molecule has 9 heteroatoms. The number of hydrogen-bond acceptors (Lipinski definition) is 3. The van der Waals surface area contributed by atoms with Crippen LogP contribution in [0.2, 0.25) is 0 Å². The summed E-state index contributed by atoms with van der Waals surface area (Å²) in [6, 6.07) is 1.02. The van der Waals surface area contributed by atoms with E-state index in [4.69, 9.17) is 0 Å². The monoisotopic (exact) mass is 334 g/mol. The standard InChI is InChI=1S/C14H21F3N4O2/c1-4-7-20(10-14(15,16)17)12(22)9-19(3)13(23)11(2)21-8-5-6-18-21/h5-6,8,11H,4,7,9-10H2,1-3H3. The first kappa shape index (κ1) is 19.0. The molecule has 0 fully saturated rings. The maximum Gasteiger partial charge on any atom is 0.406 e. The van der Waals surface area contributed by atoms with Crippen LogP contribution in [-0.4, -0.2) is 64.3 Å². The lowest BCUT2D eigenvalue weighted by molar-refractivity contribution is -0.162. The zero-order chi connectivity index (χ0) is 17.6. The zero-order valence-corrected chi connectivity index (χ0v) is 13.4. The summed E-state index contributed by atoms with van der Waals surface area (Å²) in [6.45, 7) is 1.58. The van der Waals surface area contributed by atoms with E-state index in [9.17, 15) is 22.8 Å². The van der Waals surface area contributed by atoms with Crippen molar-refractivity contribution >= 4 is 11.8 Å². The second-order valence-electron chi connectivity index (χ2n) is 5.29. The number of aromatic nitrogens is 2. The Labute approximate surface area is 132 Å². The number of hydrogen-bond donors (Lipinski definition) is 0. The fourth-order valence-electron chi connectivity index (χ4n) is 2.10. The Balaban J connectivity index is 2.67. The van der Waals surface area contributed by atoms with Gasteiger partial charge < -0.3 is 9.80 Å². The van der Waals surface area contributed by atoms with Crippen LogP contribution >= 0.6 is 0 Å². The highest BCUT2D eigenvalue weighted by Gasteiger charge is 2.33. The van der Waals surface area contributed by atoms with Gasteiger partial charge >= 0.3 is 6.18 Å². The molecule has 0 bridgehead atoms. The molecule has 1 unspecified atom stereocenters. The SMILES string of the molecule is CCCN(CC(F)(F)F)C(=O)CN(C)C(=O)C(C)n1cccn1. The third-order valence-corrected chi connectivity index (χ3v) is 3.24. The Hall–Kier alpha value is -2.06. The quantitative estimate of drug-likeness (QED) is 0.763. The predicted octanol–water partition coefficient (Wildman–Crippen LogP) is 1.70. The number of rotatable bonds is 7. The molecule has 0 radical (unpaired) electrons. The van der Waals surface area contributed by atoms with Gasteiger partial charge in [-0.05, 0) is 19.4 Å². The number of halogens is 3. The Morgan fingerprint density at radius 1 is 1.35 bits per heavy atom. The van der Waals surface area contributed by atoms with Gasteiger partial charge in [0, 0.05) is 26.0 Å². The van der Waals surface area contributed by atoms with Crippen LogP contribution in [0.25, 0.3) is 0 Å². The van der Waals surface area contributed by atoms with E-state index in [-0.39, 0.29) is 6.54 Å². The zero-order valence-electron chi connectivity index (χ0n) is 13.4. The lowest BCUT2D eigenvalue weighted by atomic mass is 10.3. The topological polar surface area (TPSA) is 58.4 Å². The van der Waals surface area contributed by atoms with E-state index in [2.05, 4.69) is 5.10 Å². The summed E-state index contributed by atoms with van der Waals surface area (Å²) in [5, 5.41) is 3.94. The van der Waals surface area contributed by atoms with Gasteiger partial charge in [0.25, 0.3) is 0 Å². The van der Waals surface area contributed by atoms with Crippen molar-refractivity contribution in [2.24, 2.45) is 0 Å². The van der Waals surface area contributed by atoms with Gasteiger partial charge in [0.1, 0.15) is 12.6 Å². The van der Waals surface area contributed by atoms with Gasteiger partial charge in [0.05, 0.1) is 6.54 Å². The average molecular weight is 334 g/mol. The first-order chi connectivity index (χ1) is 10.7. The minimum absolute atomic E-state index is 0.00488. The Kier molecular flexibility index (Phi) is 6.59. The summed E-state index contributed by atoms with van der Waals surface area (Å²) < 4.78 is 39.0. The summed E-state index contributed by atoms with van der Waals surface area (Å²) in [5.41, 5.74) is 0. The van der Waals surface area contributed by atoms with Crippen LogP contribution in [0, 0.1) is 0 Å². The first-order valence-electron chi connectivity index (χ1n) is 7.24. The second-order valence-corrected chi connectivity index (χ2v) is 5.29. The molecule has 0 aliphatic heterocycles. The predicted molar refractivity (Wildman–Crippen MR) is 77.5 cm³/mol. The molecule has 0 saturated carbocycles. The van der Waals surface area contributed by atoms with Gasteiger partial charge in [-0.15, -0.1) is 0 Å². The van der Waals surface area contributed by atoms with E-state index >= 15 is 0 Å². The highest BCUT2D eigenvalue weighted by Crippen LogP contribution is 2.17. The number of carbonyl (C=O) groups excluding carboxylic acids is 2. The molecule has 1 rings (SSSR count). The summed E-state index contributed by atoms with van der Waals surface area (Å²) in [5.74, 6) is -1.13. The number of likely N-dealkylation sites (N-methyl/N-ethyl adjacent to an activating group) is 1. The summed E-state index contributed by atoms with van der Waals surface area (Å²) >= 11 is 0. The van der Waals surface area contributed by atoms with E-state index in [1.807, 2.05) is 0 Å². The maximum absolute atomic E-state index is 12.5. The number of alkyl halides is 3. The molecule has 0 spiro atoms. The highest BCUT2D eigenvalue weighted by atomic mass is 19.4. The molecule has 0 N–H and O–H groups in total. The van der Waals surface area contributed by atoms with Crippen molar-refractivity contribution in [3.63, 3.8) is 0 Å². The molecule has 0 aliphatic rings. The number of nitrogens with zero attached hydrogens (tertiary/aromatic N) is 4. The van der Waals surface area contributed by atoms with E-state index in [0.717, 1.165) is 9.80 Å². The molecular weight excluding hydrogens is 313 g/mol. The van der Waals surface area contributed by atoms with Crippen LogP contribution in [0.4, 0.5) is 13.2 Å². The van der Waals surface area contributed by atoms with Gasteiger partial charge in [-0.2, -0.15) is 18.3 Å². The average Bonchev–Trinajstić information content (AvgIpc) is 2.97. The fraction of sp³-hybridized carbons (Fsp3) is 0.643. The van der Waals surface area contributed by atoms with E-state index in [1.165, 1.54) is 17.9 Å². The van der Waals surface area contributed by atoms with Crippen LogP contribution < -0.4 is 0 Å². The normalized spacial score (nSPS) is 12.8. The molecule has 1 heterocycles. The third-order valence-electron chi connectivity index (χ3n) is 3.24. The molecule has 1 atom stereocenters. The third kappa shape index (κ3) is 5.91. The largest absolute Gasteiger partial charge is 0.406 e. The van der Waals surface area contributed by atoms with Crippen molar-refractivity contribution in [2.45, 2.75) is 32.5 Å². The lowest BCUT2D eigenvalue weighted by Gasteiger charge is -2.27. The van der Waals surface area contributed by atoms with Crippen molar-refractivity contribution < 1.29 is 22.8 Å². The molecule has 1 aromatic rings. The van der Waals surface area contributed by atoms with Crippen molar-refractivity contribution in [3.05, 3.63) is 18.5 Å². The van der Waals surface area contributed by atoms with Gasteiger partial charge in [0.15, 0.2) is 0 Å². The highest BCUT2D eigenvalue weighted by molar-refractivity contribution is 5.86. The lowest BCUT2D eigenvalue weighted by Crippen LogP contribution is -2.46. The Morgan fingerprint density at radius 3 is 2.48 bits per heavy atom. The Morgan fingerprint density at radius 2 is 2.00 bits per heavy atom. The first-order valence-corrected chi connectivity index (χ1v) is 7.24. The smallest absolute Gasteiger partial charge is 0.335 e. The van der Waals surface area contributed by atoms with Gasteiger partial charge in [0.2, 0.25) is 11.8 Å². The van der Waals surface area contributed by atoms with Crippen LogP contribution in [0.15, 0.2) is 18.5 Å². The van der Waals surface area contributed by atoms with Crippen molar-refractivity contribution in [3.8, 4) is 0 Å². The minimum Gasteiger partial charge on any atom is -0.335 e. The van der Waals surface area contributed by atoms with E-state index in [1.54, 1.807) is 26.1 Å². The minimum atomic E-state index is -4.46. The van der Waals surface area contributed by atoms with Crippen molar-refractivity contribution in [2.75, 3.05) is 26.7 Å². The van der Waals surface area contributed by atoms with Gasteiger partial charge in [-0.25, -0.2) is 0 Å². The van der Waals surface area contributed by atoms with Crippen molar-refractivity contribution in [1.82, 2.24) is 19.6 Å². The van der Waals surface area contributed by atoms with Gasteiger partial charge in [-0.3, -0.25) is 14.3 Å². The van der Waals surface area contributed by atoms with Crippen LogP contribution in [0.5, 0.6) is 0 Å². The van der Waals surface area contributed by atoms with Crippen molar-refractivity contribution in [1.29, 1.82) is 0 Å². The summed E-state index contributed by atoms with van der Waals surface area (Å²) in [7, 11) is 1.39. The summed E-state index contributed by atoms with van der Waals surface area (Å²) in [6.07, 6.45) is -0.939. The van der Waals surface area contributed by atoms with Crippen LogP contribution in [0.3, 0.4) is 0 Å². The Bertz CT molecular complexity index is 517. The van der Waals surface area contributed by atoms with E-state index < -0.39 is 37.1 Å². The molecule has 23 heavy (non-hydrogen) atoms. The van der Waals surface area contributed by atoms with Gasteiger partial charge in [-0.1, -0.05) is 6.92 Å². The van der Waals surface area contributed by atoms with E-state index in [0.29, 0.717) is 6.42 Å². The maximum atomic E-state index is 12.5. The number of carbonyl (C=O) groups is 2. The molecule has 0 aliphatic carbocycles. The molecule has 6 nitrogen and oxygen atoms in total. The molecule has 0 saturated heterocycles. The number of amides is 2. The summed E-state index contributed by atoms with van der Waals surface area (Å²) in [4.78, 5) is 26.1. The fourth-order valence-corrected chi connectivity index (χ4v) is 2.10. The molecular formula is C14H21F3N4O2. The molecule has 2 amide bonds.